The van der Waals surface area contributed by atoms with Crippen molar-refractivity contribution >= 4 is 33.3 Å². The molecule has 2 aromatic rings. The Bertz CT molecular complexity index is 475. The third kappa shape index (κ3) is 2.54. The minimum absolute atomic E-state index is 0.234. The highest BCUT2D eigenvalue weighted by atomic mass is 79.9. The first kappa shape index (κ1) is 11.4. The van der Waals surface area contributed by atoms with Crippen LogP contribution in [0.2, 0.25) is 5.28 Å². The Morgan fingerprint density at radius 2 is 2.38 bits per heavy atom. The summed E-state index contributed by atoms with van der Waals surface area (Å²) < 4.78 is 5.82. The topological polar surface area (TPSA) is 42.2 Å². The summed E-state index contributed by atoms with van der Waals surface area (Å²) in [6.45, 7) is 0.697. The molecule has 0 aliphatic rings. The Balaban J connectivity index is 2.20. The van der Waals surface area contributed by atoms with Crippen molar-refractivity contribution in [1.82, 2.24) is 9.97 Å². The first-order chi connectivity index (χ1) is 7.66. The fourth-order valence-corrected chi connectivity index (χ4v) is 1.96. The SMILES string of the molecule is CN(Cc1ccoc1)c1nc(Cl)ncc1Br. The predicted octanol–water partition coefficient (Wildman–Crippen LogP) is 3.12. The summed E-state index contributed by atoms with van der Waals surface area (Å²) in [7, 11) is 1.93. The van der Waals surface area contributed by atoms with E-state index in [0.29, 0.717) is 6.54 Å². The van der Waals surface area contributed by atoms with Crippen molar-refractivity contribution in [2.45, 2.75) is 6.54 Å². The van der Waals surface area contributed by atoms with Gasteiger partial charge in [-0.15, -0.1) is 0 Å². The van der Waals surface area contributed by atoms with E-state index in [1.165, 1.54) is 0 Å². The highest BCUT2D eigenvalue weighted by Crippen LogP contribution is 2.24. The third-order valence-electron chi connectivity index (χ3n) is 2.06. The van der Waals surface area contributed by atoms with Crippen molar-refractivity contribution in [1.29, 1.82) is 0 Å². The van der Waals surface area contributed by atoms with Crippen LogP contribution in [0.15, 0.2) is 33.7 Å². The summed E-state index contributed by atoms with van der Waals surface area (Å²) in [6.07, 6.45) is 4.98. The first-order valence-electron chi connectivity index (χ1n) is 4.57. The number of halogens is 2. The van der Waals surface area contributed by atoms with Crippen LogP contribution in [0, 0.1) is 0 Å². The van der Waals surface area contributed by atoms with Gasteiger partial charge in [-0.2, -0.15) is 4.98 Å². The molecule has 0 amide bonds. The molecule has 16 heavy (non-hydrogen) atoms. The maximum absolute atomic E-state index is 5.75. The maximum atomic E-state index is 5.75. The molecule has 84 valence electrons. The van der Waals surface area contributed by atoms with Gasteiger partial charge in [-0.1, -0.05) is 0 Å². The zero-order chi connectivity index (χ0) is 11.5. The molecule has 0 saturated carbocycles. The number of hydrogen-bond acceptors (Lipinski definition) is 4. The minimum Gasteiger partial charge on any atom is -0.472 e. The van der Waals surface area contributed by atoms with Crippen molar-refractivity contribution in [2.24, 2.45) is 0 Å². The van der Waals surface area contributed by atoms with Crippen molar-refractivity contribution < 1.29 is 4.42 Å². The van der Waals surface area contributed by atoms with Crippen LogP contribution in [0.4, 0.5) is 5.82 Å². The van der Waals surface area contributed by atoms with Crippen LogP contribution in [0.1, 0.15) is 5.56 Å². The van der Waals surface area contributed by atoms with Gasteiger partial charge in [0.1, 0.15) is 5.82 Å². The summed E-state index contributed by atoms with van der Waals surface area (Å²) >= 11 is 9.14. The molecule has 0 unspecified atom stereocenters. The van der Waals surface area contributed by atoms with E-state index >= 15 is 0 Å². The predicted molar refractivity (Wildman–Crippen MR) is 65.6 cm³/mol. The minimum atomic E-state index is 0.234. The van der Waals surface area contributed by atoms with E-state index in [0.717, 1.165) is 15.9 Å². The van der Waals surface area contributed by atoms with E-state index in [9.17, 15) is 0 Å². The molecule has 0 aromatic carbocycles. The van der Waals surface area contributed by atoms with Crippen LogP contribution in [-0.4, -0.2) is 17.0 Å². The van der Waals surface area contributed by atoms with Gasteiger partial charge in [-0.25, -0.2) is 4.98 Å². The Hall–Kier alpha value is -1.07. The molecule has 0 atom stereocenters. The van der Waals surface area contributed by atoms with Gasteiger partial charge >= 0.3 is 0 Å². The summed E-state index contributed by atoms with van der Waals surface area (Å²) in [5, 5.41) is 0.234. The van der Waals surface area contributed by atoms with Gasteiger partial charge in [-0.3, -0.25) is 0 Å². The fraction of sp³-hybridized carbons (Fsp3) is 0.200. The van der Waals surface area contributed by atoms with Crippen LogP contribution in [-0.2, 0) is 6.54 Å². The normalized spacial score (nSPS) is 10.4. The molecule has 0 bridgehead atoms. The highest BCUT2D eigenvalue weighted by Gasteiger charge is 2.10. The van der Waals surface area contributed by atoms with Gasteiger partial charge in [0.25, 0.3) is 0 Å². The largest absolute Gasteiger partial charge is 0.472 e. The van der Waals surface area contributed by atoms with Gasteiger partial charge in [0.2, 0.25) is 5.28 Å². The molecule has 0 radical (unpaired) electrons. The third-order valence-corrected chi connectivity index (χ3v) is 2.80. The molecule has 0 aliphatic carbocycles. The zero-order valence-corrected chi connectivity index (χ0v) is 10.9. The maximum Gasteiger partial charge on any atom is 0.224 e. The second kappa shape index (κ2) is 4.84. The van der Waals surface area contributed by atoms with Crippen molar-refractivity contribution in [2.75, 3.05) is 11.9 Å². The lowest BCUT2D eigenvalue weighted by Crippen LogP contribution is -2.18. The average Bonchev–Trinajstić information content (AvgIpc) is 2.74. The Kier molecular flexibility index (Phi) is 3.46. The van der Waals surface area contributed by atoms with E-state index in [1.807, 2.05) is 18.0 Å². The lowest BCUT2D eigenvalue weighted by molar-refractivity contribution is 0.563. The average molecular weight is 303 g/mol. The van der Waals surface area contributed by atoms with Crippen LogP contribution < -0.4 is 4.90 Å². The summed E-state index contributed by atoms with van der Waals surface area (Å²) in [5.74, 6) is 0.751. The monoisotopic (exact) mass is 301 g/mol. The summed E-state index contributed by atoms with van der Waals surface area (Å²) in [5.41, 5.74) is 1.07. The van der Waals surface area contributed by atoms with Gasteiger partial charge in [0.05, 0.1) is 17.0 Å². The quantitative estimate of drug-likeness (QED) is 0.817. The molecule has 2 rings (SSSR count). The molecular weight excluding hydrogens is 293 g/mol. The van der Waals surface area contributed by atoms with Crippen molar-refractivity contribution in [3.63, 3.8) is 0 Å². The fourth-order valence-electron chi connectivity index (χ4n) is 1.34. The van der Waals surface area contributed by atoms with Gasteiger partial charge in [-0.05, 0) is 33.6 Å². The zero-order valence-electron chi connectivity index (χ0n) is 8.52. The van der Waals surface area contributed by atoms with Gasteiger partial charge < -0.3 is 9.32 Å². The second-order valence-corrected chi connectivity index (χ2v) is 4.49. The van der Waals surface area contributed by atoms with Crippen LogP contribution >= 0.6 is 27.5 Å². The van der Waals surface area contributed by atoms with Crippen LogP contribution in [0.3, 0.4) is 0 Å². The molecule has 0 aliphatic heterocycles. The second-order valence-electron chi connectivity index (χ2n) is 3.30. The van der Waals surface area contributed by atoms with Crippen molar-refractivity contribution in [3.05, 3.63) is 40.1 Å². The molecule has 0 saturated heterocycles. The van der Waals surface area contributed by atoms with Crippen molar-refractivity contribution in [3.8, 4) is 0 Å². The molecule has 2 aromatic heterocycles. The number of furan rings is 1. The first-order valence-corrected chi connectivity index (χ1v) is 5.74. The van der Waals surface area contributed by atoms with E-state index in [-0.39, 0.29) is 5.28 Å². The molecule has 0 N–H and O–H groups in total. The van der Waals surface area contributed by atoms with Gasteiger partial charge in [0, 0.05) is 25.4 Å². The molecular formula is C10H9BrClN3O. The van der Waals surface area contributed by atoms with E-state index < -0.39 is 0 Å². The molecule has 0 spiro atoms. The van der Waals surface area contributed by atoms with E-state index in [4.69, 9.17) is 16.0 Å². The Morgan fingerprint density at radius 3 is 3.06 bits per heavy atom. The molecule has 2 heterocycles. The van der Waals surface area contributed by atoms with Gasteiger partial charge in [0.15, 0.2) is 0 Å². The Labute approximate surface area is 106 Å². The Morgan fingerprint density at radius 1 is 1.56 bits per heavy atom. The number of aromatic nitrogens is 2. The van der Waals surface area contributed by atoms with Crippen LogP contribution in [0.25, 0.3) is 0 Å². The lowest BCUT2D eigenvalue weighted by Gasteiger charge is -2.18. The highest BCUT2D eigenvalue weighted by molar-refractivity contribution is 9.10. The van der Waals surface area contributed by atoms with E-state index in [2.05, 4.69) is 25.9 Å². The van der Waals surface area contributed by atoms with Crippen LogP contribution in [0.5, 0.6) is 0 Å². The summed E-state index contributed by atoms with van der Waals surface area (Å²) in [6, 6.07) is 1.91. The number of hydrogen-bond donors (Lipinski definition) is 0. The smallest absolute Gasteiger partial charge is 0.224 e. The molecule has 0 fully saturated rings. The van der Waals surface area contributed by atoms with E-state index in [1.54, 1.807) is 18.7 Å². The number of rotatable bonds is 3. The summed E-state index contributed by atoms with van der Waals surface area (Å²) in [4.78, 5) is 10.00. The molecule has 6 heteroatoms. The molecule has 4 nitrogen and oxygen atoms in total. The number of anilines is 1. The lowest BCUT2D eigenvalue weighted by atomic mass is 10.3. The standard InChI is InChI=1S/C10H9BrClN3O/c1-15(5-7-2-3-16-6-7)9-8(11)4-13-10(12)14-9/h2-4,6H,5H2,1H3. The number of nitrogens with zero attached hydrogens (tertiary/aromatic N) is 3.